The molecule has 0 aliphatic heterocycles. The third kappa shape index (κ3) is 3.73. The van der Waals surface area contributed by atoms with E-state index >= 15 is 0 Å². The summed E-state index contributed by atoms with van der Waals surface area (Å²) in [6, 6.07) is 3.46. The zero-order valence-electron chi connectivity index (χ0n) is 11.7. The molecule has 0 aromatic heterocycles. The summed E-state index contributed by atoms with van der Waals surface area (Å²) in [5.74, 6) is 0.0633. The first kappa shape index (κ1) is 14.4. The van der Waals surface area contributed by atoms with Gasteiger partial charge in [-0.2, -0.15) is 0 Å². The Morgan fingerprint density at radius 3 is 2.40 bits per heavy atom. The molecule has 0 saturated heterocycles. The van der Waals surface area contributed by atoms with Crippen LogP contribution < -0.4 is 10.1 Å². The van der Waals surface area contributed by atoms with Gasteiger partial charge in [0.25, 0.3) is 5.91 Å². The average Bonchev–Trinajstić information content (AvgIpc) is 3.18. The maximum atomic E-state index is 12.0. The molecule has 1 aliphatic rings. The van der Waals surface area contributed by atoms with Gasteiger partial charge in [0, 0.05) is 12.1 Å². The fraction of sp³-hybridized carbons (Fsp3) is 0.467. The van der Waals surface area contributed by atoms with E-state index in [9.17, 15) is 9.59 Å². The van der Waals surface area contributed by atoms with Crippen molar-refractivity contribution in [2.45, 2.75) is 26.7 Å². The van der Waals surface area contributed by atoms with Gasteiger partial charge in [0.15, 0.2) is 6.61 Å². The minimum atomic E-state index is -1.02. The summed E-state index contributed by atoms with van der Waals surface area (Å²) in [4.78, 5) is 22.5. The van der Waals surface area contributed by atoms with E-state index in [2.05, 4.69) is 5.32 Å². The predicted molar refractivity (Wildman–Crippen MR) is 74.1 cm³/mol. The molecule has 20 heavy (non-hydrogen) atoms. The molecule has 1 aliphatic carbocycles. The molecule has 1 aromatic carbocycles. The third-order valence-corrected chi connectivity index (χ3v) is 3.31. The molecular formula is C15H19NO4. The SMILES string of the molecule is Cc1cc(C(=O)NCC2CC2)cc(C)c1OCC(=O)O. The number of carboxylic acids is 1. The lowest BCUT2D eigenvalue weighted by molar-refractivity contribution is -0.139. The normalized spacial score (nSPS) is 13.9. The number of aryl methyl sites for hydroxylation is 2. The standard InChI is InChI=1S/C15H19NO4/c1-9-5-12(15(19)16-7-11-3-4-11)6-10(2)14(9)20-8-13(17)18/h5-6,11H,3-4,7-8H2,1-2H3,(H,16,19)(H,17,18). The Bertz CT molecular complexity index is 512. The van der Waals surface area contributed by atoms with Crippen LogP contribution in [0, 0.1) is 19.8 Å². The van der Waals surface area contributed by atoms with E-state index in [-0.39, 0.29) is 12.5 Å². The summed E-state index contributed by atoms with van der Waals surface area (Å²) in [6.45, 7) is 3.97. The minimum Gasteiger partial charge on any atom is -0.481 e. The molecule has 1 saturated carbocycles. The summed E-state index contributed by atoms with van der Waals surface area (Å²) < 4.78 is 5.24. The van der Waals surface area contributed by atoms with Crippen LogP contribution in [0.25, 0.3) is 0 Å². The van der Waals surface area contributed by atoms with Crippen LogP contribution in [-0.2, 0) is 4.79 Å². The second-order valence-corrected chi connectivity index (χ2v) is 5.27. The first-order chi connectivity index (χ1) is 9.47. The number of rotatable bonds is 6. The smallest absolute Gasteiger partial charge is 0.341 e. The molecular weight excluding hydrogens is 258 g/mol. The highest BCUT2D eigenvalue weighted by molar-refractivity contribution is 5.94. The Morgan fingerprint density at radius 1 is 1.30 bits per heavy atom. The number of amides is 1. The predicted octanol–water partition coefficient (Wildman–Crippen LogP) is 1.91. The lowest BCUT2D eigenvalue weighted by Crippen LogP contribution is -2.25. The van der Waals surface area contributed by atoms with E-state index in [4.69, 9.17) is 9.84 Å². The molecule has 2 rings (SSSR count). The highest BCUT2D eigenvalue weighted by Gasteiger charge is 2.22. The van der Waals surface area contributed by atoms with Gasteiger partial charge in [0.1, 0.15) is 5.75 Å². The lowest BCUT2D eigenvalue weighted by atomic mass is 10.1. The van der Waals surface area contributed by atoms with Crippen molar-refractivity contribution in [2.24, 2.45) is 5.92 Å². The molecule has 0 spiro atoms. The van der Waals surface area contributed by atoms with Crippen molar-refractivity contribution in [3.05, 3.63) is 28.8 Å². The zero-order chi connectivity index (χ0) is 14.7. The van der Waals surface area contributed by atoms with E-state index in [1.807, 2.05) is 13.8 Å². The fourth-order valence-corrected chi connectivity index (χ4v) is 2.10. The third-order valence-electron chi connectivity index (χ3n) is 3.31. The maximum Gasteiger partial charge on any atom is 0.341 e. The molecule has 0 heterocycles. The minimum absolute atomic E-state index is 0.0899. The second kappa shape index (κ2) is 5.94. The number of carboxylic acid groups (broad SMARTS) is 1. The molecule has 0 atom stereocenters. The Hall–Kier alpha value is -2.04. The summed E-state index contributed by atoms with van der Waals surface area (Å²) in [5.41, 5.74) is 2.12. The van der Waals surface area contributed by atoms with Crippen molar-refractivity contribution >= 4 is 11.9 Å². The van der Waals surface area contributed by atoms with Gasteiger partial charge in [-0.15, -0.1) is 0 Å². The highest BCUT2D eigenvalue weighted by atomic mass is 16.5. The van der Waals surface area contributed by atoms with Crippen molar-refractivity contribution in [1.82, 2.24) is 5.32 Å². The van der Waals surface area contributed by atoms with Crippen LogP contribution in [0.1, 0.15) is 34.3 Å². The molecule has 0 radical (unpaired) electrons. The number of hydrogen-bond acceptors (Lipinski definition) is 3. The van der Waals surface area contributed by atoms with Gasteiger partial charge in [-0.05, 0) is 55.9 Å². The van der Waals surface area contributed by atoms with Crippen LogP contribution in [0.4, 0.5) is 0 Å². The van der Waals surface area contributed by atoms with Crippen LogP contribution in [-0.4, -0.2) is 30.1 Å². The Morgan fingerprint density at radius 2 is 1.90 bits per heavy atom. The molecule has 108 valence electrons. The molecule has 1 amide bonds. The quantitative estimate of drug-likeness (QED) is 0.832. The average molecular weight is 277 g/mol. The number of carbonyl (C=O) groups is 2. The molecule has 1 aromatic rings. The van der Waals surface area contributed by atoms with E-state index in [0.29, 0.717) is 17.2 Å². The largest absolute Gasteiger partial charge is 0.481 e. The first-order valence-electron chi connectivity index (χ1n) is 6.71. The van der Waals surface area contributed by atoms with E-state index in [1.165, 1.54) is 12.8 Å². The molecule has 5 nitrogen and oxygen atoms in total. The molecule has 0 bridgehead atoms. The Labute approximate surface area is 117 Å². The van der Waals surface area contributed by atoms with Crippen LogP contribution in [0.3, 0.4) is 0 Å². The van der Waals surface area contributed by atoms with Gasteiger partial charge in [-0.25, -0.2) is 4.79 Å². The van der Waals surface area contributed by atoms with Gasteiger partial charge >= 0.3 is 5.97 Å². The number of ether oxygens (including phenoxy) is 1. The Kier molecular flexibility index (Phi) is 4.27. The number of hydrogen-bond donors (Lipinski definition) is 2. The van der Waals surface area contributed by atoms with Gasteiger partial charge in [-0.3, -0.25) is 4.79 Å². The second-order valence-electron chi connectivity index (χ2n) is 5.27. The van der Waals surface area contributed by atoms with Gasteiger partial charge < -0.3 is 15.2 Å². The topological polar surface area (TPSA) is 75.6 Å². The molecule has 0 unspecified atom stereocenters. The molecule has 2 N–H and O–H groups in total. The van der Waals surface area contributed by atoms with Gasteiger partial charge in [-0.1, -0.05) is 0 Å². The number of nitrogens with one attached hydrogen (secondary N) is 1. The van der Waals surface area contributed by atoms with Crippen molar-refractivity contribution < 1.29 is 19.4 Å². The molecule has 5 heteroatoms. The van der Waals surface area contributed by atoms with E-state index in [0.717, 1.165) is 17.7 Å². The van der Waals surface area contributed by atoms with Crippen LogP contribution >= 0.6 is 0 Å². The maximum absolute atomic E-state index is 12.0. The lowest BCUT2D eigenvalue weighted by Gasteiger charge is -2.13. The molecule has 1 fully saturated rings. The monoisotopic (exact) mass is 277 g/mol. The fourth-order valence-electron chi connectivity index (χ4n) is 2.10. The number of benzene rings is 1. The Balaban J connectivity index is 2.07. The number of aliphatic carboxylic acids is 1. The summed E-state index contributed by atoms with van der Waals surface area (Å²) in [5, 5.41) is 11.5. The highest BCUT2D eigenvalue weighted by Crippen LogP contribution is 2.28. The van der Waals surface area contributed by atoms with Gasteiger partial charge in [0.2, 0.25) is 0 Å². The van der Waals surface area contributed by atoms with Crippen molar-refractivity contribution in [2.75, 3.05) is 13.2 Å². The van der Waals surface area contributed by atoms with Crippen LogP contribution in [0.5, 0.6) is 5.75 Å². The van der Waals surface area contributed by atoms with Crippen molar-refractivity contribution in [1.29, 1.82) is 0 Å². The first-order valence-corrected chi connectivity index (χ1v) is 6.71. The number of carbonyl (C=O) groups excluding carboxylic acids is 1. The summed E-state index contributed by atoms with van der Waals surface area (Å²) in [6.07, 6.45) is 2.39. The summed E-state index contributed by atoms with van der Waals surface area (Å²) in [7, 11) is 0. The van der Waals surface area contributed by atoms with Crippen LogP contribution in [0.15, 0.2) is 12.1 Å². The van der Waals surface area contributed by atoms with E-state index < -0.39 is 5.97 Å². The van der Waals surface area contributed by atoms with Crippen molar-refractivity contribution in [3.8, 4) is 5.75 Å². The summed E-state index contributed by atoms with van der Waals surface area (Å²) >= 11 is 0. The van der Waals surface area contributed by atoms with Crippen molar-refractivity contribution in [3.63, 3.8) is 0 Å². The zero-order valence-corrected chi connectivity index (χ0v) is 11.7. The van der Waals surface area contributed by atoms with Crippen LogP contribution in [0.2, 0.25) is 0 Å². The van der Waals surface area contributed by atoms with E-state index in [1.54, 1.807) is 12.1 Å². The van der Waals surface area contributed by atoms with Gasteiger partial charge in [0.05, 0.1) is 0 Å².